The first kappa shape index (κ1) is 13.5. The lowest BCUT2D eigenvalue weighted by Gasteiger charge is -2.10. The molecule has 6 nitrogen and oxygen atoms in total. The fraction of sp³-hybridized carbons (Fsp3) is 0.300. The van der Waals surface area contributed by atoms with E-state index in [9.17, 15) is 13.2 Å². The quantitative estimate of drug-likeness (QED) is 0.586. The van der Waals surface area contributed by atoms with E-state index in [1.165, 1.54) is 13.2 Å². The molecule has 1 rings (SSSR count). The van der Waals surface area contributed by atoms with Crippen LogP contribution in [0.15, 0.2) is 23.1 Å². The van der Waals surface area contributed by atoms with Gasteiger partial charge in [0.1, 0.15) is 11.4 Å². The number of hydrogen-bond acceptors (Lipinski definition) is 5. The minimum Gasteiger partial charge on any atom is -0.468 e. The Morgan fingerprint density at radius 2 is 2.12 bits per heavy atom. The van der Waals surface area contributed by atoms with E-state index in [0.29, 0.717) is 5.56 Å². The summed E-state index contributed by atoms with van der Waals surface area (Å²) in [7, 11) is -2.62. The predicted molar refractivity (Wildman–Crippen MR) is 62.8 cm³/mol. The molecule has 0 fully saturated rings. The number of carbonyl (C=O) groups excluding carboxylic acids is 1. The number of ether oxygens (including phenoxy) is 1. The summed E-state index contributed by atoms with van der Waals surface area (Å²) in [5, 5.41) is 0. The normalized spacial score (nSPS) is 11.2. The number of anilines is 1. The van der Waals surface area contributed by atoms with Gasteiger partial charge in [0.15, 0.2) is 0 Å². The molecule has 0 spiro atoms. The molecule has 0 aliphatic heterocycles. The maximum atomic E-state index is 11.9. The van der Waals surface area contributed by atoms with E-state index >= 15 is 0 Å². The zero-order chi connectivity index (χ0) is 13.1. The lowest BCUT2D eigenvalue weighted by atomic mass is 10.2. The Balaban J connectivity index is 3.02. The summed E-state index contributed by atoms with van der Waals surface area (Å²) >= 11 is 0. The molecule has 94 valence electrons. The third-order valence-corrected chi connectivity index (χ3v) is 3.76. The molecule has 1 aromatic carbocycles. The summed E-state index contributed by atoms with van der Waals surface area (Å²) in [5.41, 5.74) is 6.27. The van der Waals surface area contributed by atoms with E-state index in [1.54, 1.807) is 19.1 Å². The topological polar surface area (TPSA) is 98.5 Å². The molecule has 0 aromatic heterocycles. The van der Waals surface area contributed by atoms with Gasteiger partial charge in [-0.2, -0.15) is 4.72 Å². The van der Waals surface area contributed by atoms with E-state index in [0.717, 1.165) is 0 Å². The number of nitrogen functional groups attached to an aromatic ring is 1. The number of esters is 1. The molecule has 0 unspecified atom stereocenters. The van der Waals surface area contributed by atoms with Crippen molar-refractivity contribution in [1.82, 2.24) is 4.72 Å². The fourth-order valence-corrected chi connectivity index (χ4v) is 2.66. The minimum absolute atomic E-state index is 0.0103. The minimum atomic E-state index is -3.80. The lowest BCUT2D eigenvalue weighted by molar-refractivity contribution is -0.139. The average Bonchev–Trinajstić information content (AvgIpc) is 2.25. The van der Waals surface area contributed by atoms with E-state index in [-0.39, 0.29) is 10.6 Å². The van der Waals surface area contributed by atoms with Crippen molar-refractivity contribution in [3.05, 3.63) is 23.8 Å². The zero-order valence-electron chi connectivity index (χ0n) is 9.56. The summed E-state index contributed by atoms with van der Waals surface area (Å²) in [6, 6.07) is 4.77. The van der Waals surface area contributed by atoms with Crippen LogP contribution in [-0.4, -0.2) is 28.0 Å². The van der Waals surface area contributed by atoms with Crippen LogP contribution >= 0.6 is 0 Å². The highest BCUT2D eigenvalue weighted by atomic mass is 32.2. The summed E-state index contributed by atoms with van der Waals surface area (Å²) in [4.78, 5) is 10.9. The van der Waals surface area contributed by atoms with Crippen LogP contribution in [0.4, 0.5) is 5.69 Å². The van der Waals surface area contributed by atoms with E-state index in [4.69, 9.17) is 5.73 Å². The van der Waals surface area contributed by atoms with Crippen LogP contribution < -0.4 is 10.5 Å². The van der Waals surface area contributed by atoms with E-state index < -0.39 is 22.5 Å². The Bertz CT molecular complexity index is 505. The van der Waals surface area contributed by atoms with Gasteiger partial charge in [0.2, 0.25) is 10.0 Å². The molecule has 0 saturated heterocycles. The lowest BCUT2D eigenvalue weighted by Crippen LogP contribution is -2.31. The summed E-state index contributed by atoms with van der Waals surface area (Å²) in [5.74, 6) is -0.666. The smallest absolute Gasteiger partial charge is 0.320 e. The second-order valence-corrected chi connectivity index (χ2v) is 5.10. The molecule has 0 amide bonds. The molecule has 0 heterocycles. The fourth-order valence-electron chi connectivity index (χ4n) is 1.34. The van der Waals surface area contributed by atoms with Crippen molar-refractivity contribution in [2.24, 2.45) is 0 Å². The Morgan fingerprint density at radius 3 is 2.65 bits per heavy atom. The number of carbonyl (C=O) groups is 1. The third-order valence-electron chi connectivity index (χ3n) is 2.15. The van der Waals surface area contributed by atoms with Crippen LogP contribution in [0.3, 0.4) is 0 Å². The summed E-state index contributed by atoms with van der Waals surface area (Å²) in [6.45, 7) is 1.20. The third kappa shape index (κ3) is 3.18. The molecular formula is C10H14N2O4S. The van der Waals surface area contributed by atoms with Crippen molar-refractivity contribution in [3.8, 4) is 0 Å². The largest absolute Gasteiger partial charge is 0.468 e. The molecule has 0 aliphatic carbocycles. The van der Waals surface area contributed by atoms with Crippen molar-refractivity contribution in [3.63, 3.8) is 0 Å². The Kier molecular flexibility index (Phi) is 4.08. The Labute approximate surface area is 99.8 Å². The maximum Gasteiger partial charge on any atom is 0.320 e. The molecule has 0 saturated carbocycles. The highest BCUT2D eigenvalue weighted by molar-refractivity contribution is 7.89. The van der Waals surface area contributed by atoms with Gasteiger partial charge in [-0.1, -0.05) is 12.1 Å². The molecule has 17 heavy (non-hydrogen) atoms. The Morgan fingerprint density at radius 1 is 1.47 bits per heavy atom. The zero-order valence-corrected chi connectivity index (χ0v) is 10.4. The van der Waals surface area contributed by atoms with Gasteiger partial charge in [-0.25, -0.2) is 8.42 Å². The van der Waals surface area contributed by atoms with Crippen LogP contribution in [0, 0.1) is 6.92 Å². The number of nitrogens with two attached hydrogens (primary N) is 1. The molecule has 0 atom stereocenters. The molecular weight excluding hydrogens is 244 g/mol. The molecule has 0 aliphatic rings. The van der Waals surface area contributed by atoms with Gasteiger partial charge in [0.25, 0.3) is 0 Å². The SMILES string of the molecule is COC(=O)CNS(=O)(=O)c1c(C)cccc1N. The van der Waals surface area contributed by atoms with Crippen molar-refractivity contribution >= 4 is 21.7 Å². The standard InChI is InChI=1S/C10H14N2O4S/c1-7-4-3-5-8(11)10(7)17(14,15)12-6-9(13)16-2/h3-5,12H,6,11H2,1-2H3. The molecule has 0 bridgehead atoms. The molecule has 1 aromatic rings. The molecule has 3 N–H and O–H groups in total. The van der Waals surface area contributed by atoms with Gasteiger partial charge in [0, 0.05) is 0 Å². The second-order valence-electron chi connectivity index (χ2n) is 3.39. The molecule has 7 heteroatoms. The van der Waals surface area contributed by atoms with Crippen molar-refractivity contribution in [1.29, 1.82) is 0 Å². The number of sulfonamides is 1. The van der Waals surface area contributed by atoms with Gasteiger partial charge in [-0.05, 0) is 18.6 Å². The van der Waals surface area contributed by atoms with Crippen LogP contribution in [-0.2, 0) is 19.6 Å². The second kappa shape index (κ2) is 5.15. The van der Waals surface area contributed by atoms with Gasteiger partial charge >= 0.3 is 5.97 Å². The van der Waals surface area contributed by atoms with Gasteiger partial charge < -0.3 is 10.5 Å². The van der Waals surface area contributed by atoms with E-state index in [2.05, 4.69) is 9.46 Å². The number of aryl methyl sites for hydroxylation is 1. The summed E-state index contributed by atoms with van der Waals surface area (Å²) in [6.07, 6.45) is 0. The number of hydrogen-bond donors (Lipinski definition) is 2. The first-order valence-corrected chi connectivity index (χ1v) is 6.28. The first-order chi connectivity index (χ1) is 7.88. The van der Waals surface area contributed by atoms with Crippen LogP contribution in [0.1, 0.15) is 5.56 Å². The van der Waals surface area contributed by atoms with Gasteiger partial charge in [-0.15, -0.1) is 0 Å². The van der Waals surface area contributed by atoms with E-state index in [1.807, 2.05) is 0 Å². The average molecular weight is 258 g/mol. The van der Waals surface area contributed by atoms with Gasteiger partial charge in [-0.3, -0.25) is 4.79 Å². The van der Waals surface area contributed by atoms with Crippen LogP contribution in [0.5, 0.6) is 0 Å². The van der Waals surface area contributed by atoms with Crippen LogP contribution in [0.2, 0.25) is 0 Å². The number of rotatable bonds is 4. The number of benzene rings is 1. The first-order valence-electron chi connectivity index (χ1n) is 4.80. The summed E-state index contributed by atoms with van der Waals surface area (Å²) < 4.78 is 30.3. The predicted octanol–water partition coefficient (Wildman–Crippen LogP) is 0.0285. The number of methoxy groups -OCH3 is 1. The maximum absolute atomic E-state index is 11.9. The highest BCUT2D eigenvalue weighted by Crippen LogP contribution is 2.21. The highest BCUT2D eigenvalue weighted by Gasteiger charge is 2.20. The molecule has 0 radical (unpaired) electrons. The van der Waals surface area contributed by atoms with Crippen LogP contribution in [0.25, 0.3) is 0 Å². The Hall–Kier alpha value is -1.60. The van der Waals surface area contributed by atoms with Crippen molar-refractivity contribution < 1.29 is 17.9 Å². The van der Waals surface area contributed by atoms with Gasteiger partial charge in [0.05, 0.1) is 12.8 Å². The van der Waals surface area contributed by atoms with Crippen molar-refractivity contribution in [2.75, 3.05) is 19.4 Å². The monoisotopic (exact) mass is 258 g/mol. The number of nitrogens with one attached hydrogen (secondary N) is 1. The van der Waals surface area contributed by atoms with Crippen molar-refractivity contribution in [2.45, 2.75) is 11.8 Å².